The summed E-state index contributed by atoms with van der Waals surface area (Å²) in [4.78, 5) is 0. The lowest BCUT2D eigenvalue weighted by atomic mass is 10.5. The lowest BCUT2D eigenvalue weighted by molar-refractivity contribution is 0.109. The highest BCUT2D eigenvalue weighted by molar-refractivity contribution is 4.50. The van der Waals surface area contributed by atoms with Crippen molar-refractivity contribution in [1.82, 2.24) is 10.6 Å². The summed E-state index contributed by atoms with van der Waals surface area (Å²) in [6.07, 6.45) is 0. The van der Waals surface area contributed by atoms with E-state index in [2.05, 4.69) is 10.6 Å². The summed E-state index contributed by atoms with van der Waals surface area (Å²) in [6.45, 7) is 19.7. The van der Waals surface area contributed by atoms with Crippen LogP contribution in [0.1, 0.15) is 41.5 Å². The first-order valence-electron chi connectivity index (χ1n) is 7.57. The minimum absolute atomic E-state index is 0.889. The normalized spacial score (nSPS) is 17.0. The fraction of sp³-hybridized carbons (Fsp3) is 1.00. The molecule has 0 amide bonds. The Hall–Kier alpha value is -0.160. The largest absolute Gasteiger partial charge is 0.379 e. The van der Waals surface area contributed by atoms with Gasteiger partial charge < -0.3 is 20.1 Å². The average molecular weight is 264 g/mol. The van der Waals surface area contributed by atoms with Gasteiger partial charge in [-0.05, 0) is 0 Å². The second kappa shape index (κ2) is 30.1. The molecule has 2 heterocycles. The molecule has 2 fully saturated rings. The standard InChI is InChI=1S/2C4H9NO.3C2H6/c2*1-3-6-4-2-5-1;3*1-2/h2*5H,1-4H2;3*1-2H3. The van der Waals surface area contributed by atoms with E-state index in [0.717, 1.165) is 52.6 Å². The van der Waals surface area contributed by atoms with E-state index in [-0.39, 0.29) is 0 Å². The molecule has 0 saturated carbocycles. The SMILES string of the molecule is C1COCCN1.C1COCCN1.CC.CC.CC. The van der Waals surface area contributed by atoms with E-state index in [1.54, 1.807) is 0 Å². The van der Waals surface area contributed by atoms with E-state index in [1.807, 2.05) is 41.5 Å². The molecule has 0 spiro atoms. The van der Waals surface area contributed by atoms with E-state index in [1.165, 1.54) is 0 Å². The van der Waals surface area contributed by atoms with E-state index >= 15 is 0 Å². The number of nitrogens with one attached hydrogen (secondary N) is 2. The summed E-state index contributed by atoms with van der Waals surface area (Å²) in [6, 6.07) is 0. The zero-order valence-corrected chi connectivity index (χ0v) is 13.5. The molecule has 0 aromatic carbocycles. The van der Waals surface area contributed by atoms with Crippen LogP contribution < -0.4 is 10.6 Å². The molecule has 4 heteroatoms. The van der Waals surface area contributed by atoms with E-state index in [0.29, 0.717) is 0 Å². The number of rotatable bonds is 0. The molecular formula is C14H36N2O2. The van der Waals surface area contributed by atoms with E-state index in [9.17, 15) is 0 Å². The summed E-state index contributed by atoms with van der Waals surface area (Å²) in [5, 5.41) is 6.32. The average Bonchev–Trinajstić information content (AvgIpc) is 2.57. The van der Waals surface area contributed by atoms with Crippen LogP contribution in [0.25, 0.3) is 0 Å². The number of hydrogen-bond acceptors (Lipinski definition) is 4. The molecule has 4 nitrogen and oxygen atoms in total. The molecule has 2 aliphatic heterocycles. The zero-order chi connectivity index (χ0) is 14.5. The second-order valence-electron chi connectivity index (χ2n) is 2.72. The van der Waals surface area contributed by atoms with Crippen molar-refractivity contribution in [1.29, 1.82) is 0 Å². The van der Waals surface area contributed by atoms with Crippen LogP contribution in [0, 0.1) is 0 Å². The smallest absolute Gasteiger partial charge is 0.0591 e. The van der Waals surface area contributed by atoms with Crippen LogP contribution in [0.15, 0.2) is 0 Å². The Morgan fingerprint density at radius 2 is 0.722 bits per heavy atom. The Balaban J connectivity index is -0.000000178. The highest BCUT2D eigenvalue weighted by Gasteiger charge is 1.93. The fourth-order valence-electron chi connectivity index (χ4n) is 1.03. The third kappa shape index (κ3) is 24.9. The van der Waals surface area contributed by atoms with E-state index in [4.69, 9.17) is 9.47 Å². The maximum Gasteiger partial charge on any atom is 0.0591 e. The first-order valence-corrected chi connectivity index (χ1v) is 7.57. The highest BCUT2D eigenvalue weighted by Crippen LogP contribution is 1.77. The molecule has 0 bridgehead atoms. The third-order valence-corrected chi connectivity index (χ3v) is 1.69. The van der Waals surface area contributed by atoms with Crippen molar-refractivity contribution in [3.63, 3.8) is 0 Å². The Morgan fingerprint density at radius 3 is 0.778 bits per heavy atom. The predicted octanol–water partition coefficient (Wildman–Crippen LogP) is 2.29. The minimum Gasteiger partial charge on any atom is -0.379 e. The van der Waals surface area contributed by atoms with Gasteiger partial charge in [0.1, 0.15) is 0 Å². The van der Waals surface area contributed by atoms with Gasteiger partial charge in [-0.15, -0.1) is 0 Å². The molecule has 2 N–H and O–H groups in total. The van der Waals surface area contributed by atoms with Gasteiger partial charge in [-0.25, -0.2) is 0 Å². The number of morpholine rings is 2. The van der Waals surface area contributed by atoms with Crippen LogP contribution in [0.4, 0.5) is 0 Å². The van der Waals surface area contributed by atoms with Gasteiger partial charge in [-0.1, -0.05) is 41.5 Å². The Bertz CT molecular complexity index is 60.8. The molecule has 2 saturated heterocycles. The number of ether oxygens (including phenoxy) is 2. The van der Waals surface area contributed by atoms with Crippen LogP contribution in [-0.4, -0.2) is 52.6 Å². The van der Waals surface area contributed by atoms with Crippen LogP contribution >= 0.6 is 0 Å². The molecule has 114 valence electrons. The first kappa shape index (κ1) is 23.0. The summed E-state index contributed by atoms with van der Waals surface area (Å²) < 4.78 is 10.0. The summed E-state index contributed by atoms with van der Waals surface area (Å²) in [7, 11) is 0. The predicted molar refractivity (Wildman–Crippen MR) is 81.4 cm³/mol. The van der Waals surface area contributed by atoms with Crippen molar-refractivity contribution in [2.45, 2.75) is 41.5 Å². The Labute approximate surface area is 115 Å². The van der Waals surface area contributed by atoms with Gasteiger partial charge in [-0.3, -0.25) is 0 Å². The minimum atomic E-state index is 0.889. The molecule has 0 atom stereocenters. The van der Waals surface area contributed by atoms with Gasteiger partial charge in [-0.2, -0.15) is 0 Å². The third-order valence-electron chi connectivity index (χ3n) is 1.69. The van der Waals surface area contributed by atoms with Gasteiger partial charge >= 0.3 is 0 Å². The van der Waals surface area contributed by atoms with Gasteiger partial charge in [0.25, 0.3) is 0 Å². The zero-order valence-electron chi connectivity index (χ0n) is 13.5. The number of hydrogen-bond donors (Lipinski definition) is 2. The fourth-order valence-corrected chi connectivity index (χ4v) is 1.03. The van der Waals surface area contributed by atoms with Gasteiger partial charge in [0.05, 0.1) is 26.4 Å². The summed E-state index contributed by atoms with van der Waals surface area (Å²) in [5.74, 6) is 0. The van der Waals surface area contributed by atoms with Gasteiger partial charge in [0.15, 0.2) is 0 Å². The van der Waals surface area contributed by atoms with Crippen molar-refractivity contribution in [3.05, 3.63) is 0 Å². The summed E-state index contributed by atoms with van der Waals surface area (Å²) in [5.41, 5.74) is 0. The van der Waals surface area contributed by atoms with Crippen molar-refractivity contribution in [2.24, 2.45) is 0 Å². The Morgan fingerprint density at radius 1 is 0.500 bits per heavy atom. The highest BCUT2D eigenvalue weighted by atomic mass is 16.5. The second-order valence-corrected chi connectivity index (χ2v) is 2.72. The van der Waals surface area contributed by atoms with Crippen LogP contribution in [-0.2, 0) is 9.47 Å². The van der Waals surface area contributed by atoms with Crippen molar-refractivity contribution >= 4 is 0 Å². The van der Waals surface area contributed by atoms with Gasteiger partial charge in [0, 0.05) is 26.2 Å². The van der Waals surface area contributed by atoms with Gasteiger partial charge in [0.2, 0.25) is 0 Å². The van der Waals surface area contributed by atoms with Crippen molar-refractivity contribution < 1.29 is 9.47 Å². The lowest BCUT2D eigenvalue weighted by Crippen LogP contribution is -2.30. The van der Waals surface area contributed by atoms with Crippen molar-refractivity contribution in [3.8, 4) is 0 Å². The molecule has 0 unspecified atom stereocenters. The maximum atomic E-state index is 5.01. The molecule has 0 aliphatic carbocycles. The molecular weight excluding hydrogens is 228 g/mol. The molecule has 0 aromatic heterocycles. The quantitative estimate of drug-likeness (QED) is 0.704. The van der Waals surface area contributed by atoms with Crippen LogP contribution in [0.5, 0.6) is 0 Å². The van der Waals surface area contributed by atoms with Crippen LogP contribution in [0.2, 0.25) is 0 Å². The van der Waals surface area contributed by atoms with Crippen LogP contribution in [0.3, 0.4) is 0 Å². The maximum absolute atomic E-state index is 5.01. The summed E-state index contributed by atoms with van der Waals surface area (Å²) >= 11 is 0. The Kier molecular flexibility index (Phi) is 38.5. The van der Waals surface area contributed by atoms with E-state index < -0.39 is 0 Å². The molecule has 18 heavy (non-hydrogen) atoms. The monoisotopic (exact) mass is 264 g/mol. The molecule has 2 rings (SSSR count). The van der Waals surface area contributed by atoms with Crippen molar-refractivity contribution in [2.75, 3.05) is 52.6 Å². The first-order chi connectivity index (χ1) is 9.00. The molecule has 0 aromatic rings. The molecule has 0 radical (unpaired) electrons. The topological polar surface area (TPSA) is 42.5 Å². The molecule has 2 aliphatic rings. The lowest BCUT2D eigenvalue weighted by Gasteiger charge is -2.10.